The van der Waals surface area contributed by atoms with E-state index >= 15 is 0 Å². The van der Waals surface area contributed by atoms with Crippen molar-refractivity contribution in [2.75, 3.05) is 6.61 Å². The van der Waals surface area contributed by atoms with E-state index in [0.29, 0.717) is 12.2 Å². The average molecular weight is 305 g/mol. The summed E-state index contributed by atoms with van der Waals surface area (Å²) in [6.45, 7) is 6.73. The molecule has 0 spiro atoms. The van der Waals surface area contributed by atoms with Crippen molar-refractivity contribution in [2.45, 2.75) is 31.6 Å². The third kappa shape index (κ3) is 2.53. The van der Waals surface area contributed by atoms with Gasteiger partial charge >= 0.3 is 0 Å². The molecular weight excluding hydrogens is 287 g/mol. The smallest absolute Gasteiger partial charge is 0.126 e. The molecule has 0 aromatic heterocycles. The fourth-order valence-corrected chi connectivity index (χ4v) is 2.93. The van der Waals surface area contributed by atoms with Gasteiger partial charge in [0, 0.05) is 11.0 Å². The van der Waals surface area contributed by atoms with E-state index < -0.39 is 0 Å². The summed E-state index contributed by atoms with van der Waals surface area (Å²) < 4.78 is 19.4. The van der Waals surface area contributed by atoms with Crippen molar-refractivity contribution in [3.05, 3.63) is 64.5 Å². The second kappa shape index (κ2) is 5.03. The largest absolute Gasteiger partial charge is 0.492 e. The van der Waals surface area contributed by atoms with Crippen molar-refractivity contribution in [1.82, 2.24) is 0 Å². The molecule has 1 aliphatic heterocycles. The first-order chi connectivity index (χ1) is 9.88. The molecule has 0 saturated carbocycles. The van der Waals surface area contributed by atoms with Crippen molar-refractivity contribution in [2.24, 2.45) is 0 Å². The molecular formula is C18H18ClFO. The number of fused-ring (bicyclic) bond motifs is 1. The van der Waals surface area contributed by atoms with Gasteiger partial charge in [-0.25, -0.2) is 4.39 Å². The first-order valence-electron chi connectivity index (χ1n) is 7.06. The van der Waals surface area contributed by atoms with Gasteiger partial charge in [0.15, 0.2) is 0 Å². The summed E-state index contributed by atoms with van der Waals surface area (Å²) in [6.07, 6.45) is 0. The Hall–Kier alpha value is -1.54. The maximum atomic E-state index is 13.7. The minimum Gasteiger partial charge on any atom is -0.492 e. The minimum absolute atomic E-state index is 0.0134. The van der Waals surface area contributed by atoms with Crippen LogP contribution in [0.25, 0.3) is 0 Å². The van der Waals surface area contributed by atoms with Crippen LogP contribution < -0.4 is 4.74 Å². The Morgan fingerprint density at radius 1 is 1.14 bits per heavy atom. The Morgan fingerprint density at radius 3 is 2.52 bits per heavy atom. The average Bonchev–Trinajstić information content (AvgIpc) is 2.76. The molecule has 2 aromatic rings. The lowest BCUT2D eigenvalue weighted by molar-refractivity contribution is 0.291. The molecule has 1 heterocycles. The predicted octanol–water partition coefficient (Wildman–Crippen LogP) is 5.13. The molecule has 110 valence electrons. The first-order valence-corrected chi connectivity index (χ1v) is 7.49. The number of alkyl halides is 1. The van der Waals surface area contributed by atoms with Gasteiger partial charge < -0.3 is 4.74 Å². The van der Waals surface area contributed by atoms with Gasteiger partial charge in [-0.3, -0.25) is 0 Å². The Labute approximate surface area is 129 Å². The van der Waals surface area contributed by atoms with Crippen molar-refractivity contribution >= 4 is 11.6 Å². The fourth-order valence-electron chi connectivity index (χ4n) is 2.66. The van der Waals surface area contributed by atoms with Crippen LogP contribution in [-0.4, -0.2) is 6.61 Å². The molecule has 1 atom stereocenters. The van der Waals surface area contributed by atoms with Crippen molar-refractivity contribution in [3.63, 3.8) is 0 Å². The molecule has 0 saturated heterocycles. The number of hydrogen-bond donors (Lipinski definition) is 0. The number of benzene rings is 2. The van der Waals surface area contributed by atoms with Crippen LogP contribution in [0.5, 0.6) is 5.75 Å². The Balaban J connectivity index is 1.99. The third-order valence-corrected chi connectivity index (χ3v) is 4.61. The normalized spacial score (nSPS) is 17.2. The van der Waals surface area contributed by atoms with E-state index in [1.54, 1.807) is 13.0 Å². The van der Waals surface area contributed by atoms with Gasteiger partial charge in [-0.2, -0.15) is 0 Å². The van der Waals surface area contributed by atoms with Crippen LogP contribution in [0.1, 0.15) is 41.5 Å². The molecule has 0 radical (unpaired) electrons. The van der Waals surface area contributed by atoms with Gasteiger partial charge in [0.25, 0.3) is 0 Å². The van der Waals surface area contributed by atoms with E-state index in [0.717, 1.165) is 16.9 Å². The van der Waals surface area contributed by atoms with Crippen LogP contribution in [0.4, 0.5) is 4.39 Å². The van der Waals surface area contributed by atoms with Crippen LogP contribution in [0.2, 0.25) is 0 Å². The summed E-state index contributed by atoms with van der Waals surface area (Å²) in [7, 11) is 0. The van der Waals surface area contributed by atoms with Crippen LogP contribution in [-0.2, 0) is 5.41 Å². The molecule has 0 N–H and O–H groups in total. The summed E-state index contributed by atoms with van der Waals surface area (Å²) in [5.41, 5.74) is 3.53. The van der Waals surface area contributed by atoms with Gasteiger partial charge in [0.05, 0.1) is 12.0 Å². The monoisotopic (exact) mass is 304 g/mol. The number of halogens is 2. The highest BCUT2D eigenvalue weighted by Crippen LogP contribution is 2.41. The lowest BCUT2D eigenvalue weighted by Crippen LogP contribution is -2.18. The SMILES string of the molecule is Cc1ccc(C(Cl)c2ccc3c(c2)C(C)(C)CO3)cc1F. The fraction of sp³-hybridized carbons (Fsp3) is 0.333. The number of rotatable bonds is 2. The highest BCUT2D eigenvalue weighted by molar-refractivity contribution is 6.22. The van der Waals surface area contributed by atoms with Crippen LogP contribution >= 0.6 is 11.6 Å². The van der Waals surface area contributed by atoms with Crippen molar-refractivity contribution < 1.29 is 9.13 Å². The highest BCUT2D eigenvalue weighted by atomic mass is 35.5. The molecule has 2 aromatic carbocycles. The van der Waals surface area contributed by atoms with Gasteiger partial charge in [-0.05, 0) is 41.8 Å². The number of ether oxygens (including phenoxy) is 1. The van der Waals surface area contributed by atoms with E-state index in [1.807, 2.05) is 18.2 Å². The Bertz CT molecular complexity index is 694. The van der Waals surface area contributed by atoms with Crippen LogP contribution in [0.3, 0.4) is 0 Å². The summed E-state index contributed by atoms with van der Waals surface area (Å²) in [6, 6.07) is 11.2. The molecule has 0 bridgehead atoms. The molecule has 0 fully saturated rings. The molecule has 1 aliphatic rings. The van der Waals surface area contributed by atoms with Crippen LogP contribution in [0.15, 0.2) is 36.4 Å². The van der Waals surface area contributed by atoms with Gasteiger partial charge in [-0.15, -0.1) is 11.6 Å². The predicted molar refractivity (Wildman–Crippen MR) is 83.8 cm³/mol. The van der Waals surface area contributed by atoms with Crippen molar-refractivity contribution in [1.29, 1.82) is 0 Å². The van der Waals surface area contributed by atoms with Crippen molar-refractivity contribution in [3.8, 4) is 5.75 Å². The van der Waals surface area contributed by atoms with E-state index in [1.165, 1.54) is 11.6 Å². The summed E-state index contributed by atoms with van der Waals surface area (Å²) in [5, 5.41) is -0.359. The maximum absolute atomic E-state index is 13.7. The second-order valence-electron chi connectivity index (χ2n) is 6.30. The van der Waals surface area contributed by atoms with Gasteiger partial charge in [-0.1, -0.05) is 32.0 Å². The maximum Gasteiger partial charge on any atom is 0.126 e. The van der Waals surface area contributed by atoms with E-state index in [9.17, 15) is 4.39 Å². The lowest BCUT2D eigenvalue weighted by atomic mass is 9.85. The molecule has 3 rings (SSSR count). The molecule has 1 nitrogen and oxygen atoms in total. The molecule has 0 amide bonds. The Kier molecular flexibility index (Phi) is 3.45. The minimum atomic E-state index is -0.359. The molecule has 3 heteroatoms. The third-order valence-electron chi connectivity index (χ3n) is 4.10. The van der Waals surface area contributed by atoms with Gasteiger partial charge in [0.2, 0.25) is 0 Å². The lowest BCUT2D eigenvalue weighted by Gasteiger charge is -2.17. The zero-order valence-electron chi connectivity index (χ0n) is 12.4. The van der Waals surface area contributed by atoms with Gasteiger partial charge in [0.1, 0.15) is 11.6 Å². The van der Waals surface area contributed by atoms with E-state index in [2.05, 4.69) is 19.9 Å². The molecule has 21 heavy (non-hydrogen) atoms. The Morgan fingerprint density at radius 2 is 1.81 bits per heavy atom. The topological polar surface area (TPSA) is 9.23 Å². The first kappa shape index (κ1) is 14.4. The number of aryl methyl sites for hydroxylation is 1. The zero-order chi connectivity index (χ0) is 15.2. The quantitative estimate of drug-likeness (QED) is 0.699. The standard InChI is InChI=1S/C18H18ClFO/c1-11-4-5-13(9-15(11)20)17(19)12-6-7-16-14(8-12)18(2,3)10-21-16/h4-9,17H,10H2,1-3H3. The number of hydrogen-bond acceptors (Lipinski definition) is 1. The van der Waals surface area contributed by atoms with E-state index in [-0.39, 0.29) is 16.6 Å². The summed E-state index contributed by atoms with van der Waals surface area (Å²) >= 11 is 6.54. The molecule has 1 unspecified atom stereocenters. The van der Waals surface area contributed by atoms with Crippen LogP contribution in [0, 0.1) is 12.7 Å². The second-order valence-corrected chi connectivity index (χ2v) is 6.74. The summed E-state index contributed by atoms with van der Waals surface area (Å²) in [5.74, 6) is 0.700. The summed E-state index contributed by atoms with van der Waals surface area (Å²) in [4.78, 5) is 0. The highest BCUT2D eigenvalue weighted by Gasteiger charge is 2.32. The zero-order valence-corrected chi connectivity index (χ0v) is 13.2. The van der Waals surface area contributed by atoms with E-state index in [4.69, 9.17) is 16.3 Å². The molecule has 0 aliphatic carbocycles.